The van der Waals surface area contributed by atoms with E-state index in [2.05, 4.69) is 52.5 Å². The molecule has 4 heteroatoms. The van der Waals surface area contributed by atoms with Crippen LogP contribution < -0.4 is 0 Å². The van der Waals surface area contributed by atoms with E-state index in [1.165, 1.54) is 82.0 Å². The Hall–Kier alpha value is 0.200. The van der Waals surface area contributed by atoms with E-state index in [0.29, 0.717) is 4.32 Å². The molecule has 0 amide bonds. The van der Waals surface area contributed by atoms with Crippen molar-refractivity contribution < 1.29 is 4.48 Å². The van der Waals surface area contributed by atoms with Crippen molar-refractivity contribution in [2.45, 2.75) is 79.1 Å². The van der Waals surface area contributed by atoms with Gasteiger partial charge in [0.2, 0.25) is 0 Å². The fourth-order valence-corrected chi connectivity index (χ4v) is 2.64. The van der Waals surface area contributed by atoms with Gasteiger partial charge in [-0.25, -0.2) is 0 Å². The molecule has 0 aliphatic heterocycles. The van der Waals surface area contributed by atoms with Crippen molar-refractivity contribution in [1.82, 2.24) is 4.90 Å². The highest BCUT2D eigenvalue weighted by atomic mass is 32.1. The third kappa shape index (κ3) is 15.5. The molecule has 0 aliphatic carbocycles. The van der Waals surface area contributed by atoms with Crippen molar-refractivity contribution in [2.24, 2.45) is 0 Å². The molecule has 0 rings (SSSR count). The molecule has 0 fully saturated rings. The van der Waals surface area contributed by atoms with E-state index in [-0.39, 0.29) is 0 Å². The second-order valence-electron chi connectivity index (χ2n) is 6.83. The van der Waals surface area contributed by atoms with Crippen LogP contribution in [0.4, 0.5) is 0 Å². The number of unbranched alkanes of at least 4 members (excludes halogenated alkanes) is 4. The van der Waals surface area contributed by atoms with Crippen molar-refractivity contribution in [1.29, 1.82) is 0 Å². The van der Waals surface area contributed by atoms with E-state index < -0.39 is 0 Å². The fourth-order valence-electron chi connectivity index (χ4n) is 2.64. The van der Waals surface area contributed by atoms with Gasteiger partial charge in [-0.1, -0.05) is 65.6 Å². The zero-order valence-electron chi connectivity index (χ0n) is 16.7. The van der Waals surface area contributed by atoms with Crippen molar-refractivity contribution >= 4 is 29.2 Å². The molecule has 0 heterocycles. The van der Waals surface area contributed by atoms with Crippen LogP contribution >= 0.6 is 24.8 Å². The Morgan fingerprint density at radius 2 is 0.957 bits per heavy atom. The molecular weight excluding hydrogens is 320 g/mol. The molecular formula is C19H43N2S2+. The molecule has 0 spiro atoms. The molecule has 0 aromatic rings. The maximum atomic E-state index is 4.61. The average Bonchev–Trinajstić information content (AvgIpc) is 2.54. The monoisotopic (exact) mass is 363 g/mol. The molecule has 0 aromatic heterocycles. The van der Waals surface area contributed by atoms with E-state index in [1.54, 1.807) is 4.90 Å². The van der Waals surface area contributed by atoms with Crippen molar-refractivity contribution in [2.75, 3.05) is 40.3 Å². The highest BCUT2D eigenvalue weighted by Gasteiger charge is 2.24. The molecule has 0 aliphatic rings. The Labute approximate surface area is 158 Å². The predicted octanol–water partition coefficient (Wildman–Crippen LogP) is 5.77. The summed E-state index contributed by atoms with van der Waals surface area (Å²) in [6.07, 6.45) is 11.1. The predicted molar refractivity (Wildman–Crippen MR) is 115 cm³/mol. The highest BCUT2D eigenvalue weighted by Crippen LogP contribution is 2.16. The molecule has 23 heavy (non-hydrogen) atoms. The summed E-state index contributed by atoms with van der Waals surface area (Å²) in [5, 5.41) is 0. The second-order valence-corrected chi connectivity index (χ2v) is 7.94. The highest BCUT2D eigenvalue weighted by molar-refractivity contribution is 8.10. The Kier molecular flexibility index (Phi) is 18.8. The lowest BCUT2D eigenvalue weighted by molar-refractivity contribution is -0.929. The number of hydrogen-bond acceptors (Lipinski definition) is 1. The van der Waals surface area contributed by atoms with E-state index in [1.807, 2.05) is 14.1 Å². The summed E-state index contributed by atoms with van der Waals surface area (Å²) in [7, 11) is 3.71. The SMILES string of the molecule is CCCC[N+](CCCC)(CCCC)CCCC.CN(C)C(=S)S. The van der Waals surface area contributed by atoms with Crippen LogP contribution in [0.3, 0.4) is 0 Å². The van der Waals surface area contributed by atoms with Crippen LogP contribution in [0.2, 0.25) is 0 Å². The van der Waals surface area contributed by atoms with Crippen molar-refractivity contribution in [3.8, 4) is 0 Å². The van der Waals surface area contributed by atoms with Gasteiger partial charge in [-0.3, -0.25) is 0 Å². The van der Waals surface area contributed by atoms with Crippen LogP contribution in [-0.4, -0.2) is 54.0 Å². The van der Waals surface area contributed by atoms with Gasteiger partial charge in [0, 0.05) is 14.1 Å². The maximum Gasteiger partial charge on any atom is 0.132 e. The number of rotatable bonds is 12. The van der Waals surface area contributed by atoms with Gasteiger partial charge < -0.3 is 9.38 Å². The Balaban J connectivity index is 0. The maximum absolute atomic E-state index is 4.61. The summed E-state index contributed by atoms with van der Waals surface area (Å²) in [5.74, 6) is 0. The molecule has 0 radical (unpaired) electrons. The van der Waals surface area contributed by atoms with Crippen LogP contribution in [0.25, 0.3) is 0 Å². The molecule has 0 N–H and O–H groups in total. The first-order valence-electron chi connectivity index (χ1n) is 9.64. The largest absolute Gasteiger partial charge is 0.364 e. The van der Waals surface area contributed by atoms with Gasteiger partial charge in [-0.2, -0.15) is 0 Å². The van der Waals surface area contributed by atoms with Gasteiger partial charge in [-0.15, -0.1) is 12.6 Å². The van der Waals surface area contributed by atoms with Gasteiger partial charge >= 0.3 is 0 Å². The van der Waals surface area contributed by atoms with E-state index in [4.69, 9.17) is 0 Å². The Morgan fingerprint density at radius 1 is 0.739 bits per heavy atom. The Morgan fingerprint density at radius 3 is 1.09 bits per heavy atom. The van der Waals surface area contributed by atoms with Crippen LogP contribution in [-0.2, 0) is 0 Å². The quantitative estimate of drug-likeness (QED) is 0.266. The average molecular weight is 364 g/mol. The molecule has 0 saturated carbocycles. The molecule has 0 atom stereocenters. The standard InChI is InChI=1S/C16H36N.C3H7NS2/c1-5-9-13-17(14-10-6-2,15-11-7-3)16-12-8-4;1-4(2)3(5)6/h5-16H2,1-4H3;1-2H3,(H,5,6)/q+1;. The second kappa shape index (κ2) is 17.0. The minimum atomic E-state index is 0.620. The van der Waals surface area contributed by atoms with E-state index in [9.17, 15) is 0 Å². The minimum Gasteiger partial charge on any atom is -0.364 e. The summed E-state index contributed by atoms with van der Waals surface area (Å²) < 4.78 is 2.04. The first-order valence-corrected chi connectivity index (χ1v) is 10.5. The van der Waals surface area contributed by atoms with Gasteiger partial charge in [0.05, 0.1) is 26.2 Å². The van der Waals surface area contributed by atoms with Crippen molar-refractivity contribution in [3.05, 3.63) is 0 Å². The molecule has 0 aromatic carbocycles. The lowest BCUT2D eigenvalue weighted by Crippen LogP contribution is -2.50. The third-order valence-electron chi connectivity index (χ3n) is 4.33. The summed E-state index contributed by atoms with van der Waals surface area (Å²) in [4.78, 5) is 1.76. The van der Waals surface area contributed by atoms with Crippen LogP contribution in [0.15, 0.2) is 0 Å². The third-order valence-corrected chi connectivity index (χ3v) is 5.09. The zero-order chi connectivity index (χ0) is 18.1. The summed E-state index contributed by atoms with van der Waals surface area (Å²) in [6, 6.07) is 0. The topological polar surface area (TPSA) is 3.24 Å². The molecule has 2 nitrogen and oxygen atoms in total. The number of nitrogens with zero attached hydrogens (tertiary/aromatic N) is 2. The van der Waals surface area contributed by atoms with Crippen molar-refractivity contribution in [3.63, 3.8) is 0 Å². The van der Waals surface area contributed by atoms with Crippen LogP contribution in [0.5, 0.6) is 0 Å². The molecule has 0 unspecified atom stereocenters. The van der Waals surface area contributed by atoms with Crippen LogP contribution in [0, 0.1) is 0 Å². The lowest BCUT2D eigenvalue weighted by Gasteiger charge is -2.39. The molecule has 0 bridgehead atoms. The number of hydrogen-bond donors (Lipinski definition) is 1. The number of thiocarbonyl (C=S) groups is 1. The first kappa shape index (κ1) is 25.4. The zero-order valence-corrected chi connectivity index (χ0v) is 18.4. The Bertz CT molecular complexity index is 231. The van der Waals surface area contributed by atoms with E-state index in [0.717, 1.165) is 0 Å². The van der Waals surface area contributed by atoms with Gasteiger partial charge in [0.25, 0.3) is 0 Å². The van der Waals surface area contributed by atoms with E-state index >= 15 is 0 Å². The first-order chi connectivity index (χ1) is 10.9. The number of quaternary nitrogens is 1. The lowest BCUT2D eigenvalue weighted by atomic mass is 10.1. The summed E-state index contributed by atoms with van der Waals surface area (Å²) in [5.41, 5.74) is 0. The smallest absolute Gasteiger partial charge is 0.132 e. The van der Waals surface area contributed by atoms with Gasteiger partial charge in [0.1, 0.15) is 4.32 Å². The molecule has 0 saturated heterocycles. The van der Waals surface area contributed by atoms with Gasteiger partial charge in [-0.05, 0) is 25.7 Å². The van der Waals surface area contributed by atoms with Gasteiger partial charge in [0.15, 0.2) is 0 Å². The summed E-state index contributed by atoms with van der Waals surface area (Å²) >= 11 is 8.46. The molecule has 140 valence electrons. The minimum absolute atomic E-state index is 0.620. The fraction of sp³-hybridized carbons (Fsp3) is 0.947. The number of thiol groups is 1. The normalized spacial score (nSPS) is 10.9. The summed E-state index contributed by atoms with van der Waals surface area (Å²) in [6.45, 7) is 15.0. The van der Waals surface area contributed by atoms with Crippen LogP contribution in [0.1, 0.15) is 79.1 Å².